The van der Waals surface area contributed by atoms with Crippen LogP contribution in [0.25, 0.3) is 16.8 Å². The summed E-state index contributed by atoms with van der Waals surface area (Å²) < 4.78 is 59.6. The van der Waals surface area contributed by atoms with E-state index < -0.39 is 35.0 Å². The lowest BCUT2D eigenvalue weighted by Crippen LogP contribution is -2.48. The molecule has 0 radical (unpaired) electrons. The highest BCUT2D eigenvalue weighted by Crippen LogP contribution is 2.39. The largest absolute Gasteiger partial charge is 0.467 e. The van der Waals surface area contributed by atoms with Gasteiger partial charge in [-0.05, 0) is 35.4 Å². The molecule has 8 nitrogen and oxygen atoms in total. The Balaban J connectivity index is 1.75. The third-order valence-electron chi connectivity index (χ3n) is 6.33. The van der Waals surface area contributed by atoms with E-state index in [1.807, 2.05) is 0 Å². The fourth-order valence-electron chi connectivity index (χ4n) is 4.71. The molecule has 0 bridgehead atoms. The molecule has 5 rings (SSSR count). The number of carbonyl (C=O) groups excluding carboxylic acids is 2. The lowest BCUT2D eigenvalue weighted by Gasteiger charge is -2.28. The molecule has 0 saturated heterocycles. The zero-order valence-corrected chi connectivity index (χ0v) is 19.3. The van der Waals surface area contributed by atoms with Gasteiger partial charge in [0.05, 0.1) is 23.9 Å². The van der Waals surface area contributed by atoms with Crippen LogP contribution in [0.1, 0.15) is 32.9 Å². The van der Waals surface area contributed by atoms with Gasteiger partial charge in [0.2, 0.25) is 0 Å². The summed E-state index contributed by atoms with van der Waals surface area (Å²) in [5.41, 5.74) is 4.73. The van der Waals surface area contributed by atoms with Crippen LogP contribution in [0.2, 0.25) is 0 Å². The van der Waals surface area contributed by atoms with Crippen LogP contribution in [0.4, 0.5) is 17.6 Å². The van der Waals surface area contributed by atoms with Gasteiger partial charge < -0.3 is 10.5 Å². The summed E-state index contributed by atoms with van der Waals surface area (Å²) >= 11 is 0. The number of fused-ring (bicyclic) bond motifs is 3. The summed E-state index contributed by atoms with van der Waals surface area (Å²) in [6, 6.07) is 9.86. The number of halogens is 4. The summed E-state index contributed by atoms with van der Waals surface area (Å²) in [6.45, 7) is 0.185. The van der Waals surface area contributed by atoms with Crippen molar-refractivity contribution in [2.75, 3.05) is 7.11 Å². The van der Waals surface area contributed by atoms with Gasteiger partial charge in [-0.1, -0.05) is 24.3 Å². The van der Waals surface area contributed by atoms with Crippen molar-refractivity contribution in [3.63, 3.8) is 0 Å². The maximum atomic E-state index is 13.9. The minimum Gasteiger partial charge on any atom is -0.467 e. The van der Waals surface area contributed by atoms with E-state index in [-0.39, 0.29) is 35.4 Å². The first-order valence-electron chi connectivity index (χ1n) is 11.0. The number of carbonyl (C=O) groups is 2. The average molecular weight is 513 g/mol. The molecule has 1 aliphatic heterocycles. The zero-order chi connectivity index (χ0) is 26.5. The molecule has 0 unspecified atom stereocenters. The zero-order valence-electron chi connectivity index (χ0n) is 19.3. The second-order valence-electron chi connectivity index (χ2n) is 8.59. The van der Waals surface area contributed by atoms with Gasteiger partial charge in [-0.25, -0.2) is 18.7 Å². The average Bonchev–Trinajstić information content (AvgIpc) is 3.42. The number of amides is 1. The maximum absolute atomic E-state index is 13.9. The van der Waals surface area contributed by atoms with E-state index in [0.717, 1.165) is 12.1 Å². The van der Waals surface area contributed by atoms with Crippen molar-refractivity contribution < 1.29 is 31.9 Å². The lowest BCUT2D eigenvalue weighted by molar-refractivity contribution is -0.149. The molecule has 0 aliphatic carbocycles. The molecule has 190 valence electrons. The smallest absolute Gasteiger partial charge is 0.416 e. The number of hydrogen-bond acceptors (Lipinski definition) is 6. The molecule has 4 aromatic rings. The molecule has 0 spiro atoms. The van der Waals surface area contributed by atoms with Gasteiger partial charge in [0.1, 0.15) is 5.82 Å². The molecule has 2 aromatic carbocycles. The van der Waals surface area contributed by atoms with Crippen molar-refractivity contribution in [3.05, 3.63) is 88.6 Å². The Morgan fingerprint density at radius 2 is 1.92 bits per heavy atom. The third kappa shape index (κ3) is 3.99. The molecule has 1 aliphatic rings. The summed E-state index contributed by atoms with van der Waals surface area (Å²) in [4.78, 5) is 30.0. The molecule has 3 N–H and O–H groups in total. The van der Waals surface area contributed by atoms with Crippen LogP contribution in [0.3, 0.4) is 0 Å². The normalized spacial score (nSPS) is 17.1. The van der Waals surface area contributed by atoms with Gasteiger partial charge in [0.25, 0.3) is 5.91 Å². The highest BCUT2D eigenvalue weighted by molar-refractivity contribution is 6.02. The van der Waals surface area contributed by atoms with E-state index >= 15 is 0 Å². The topological polar surface area (TPSA) is 112 Å². The second kappa shape index (κ2) is 8.66. The first-order valence-corrected chi connectivity index (χ1v) is 11.0. The number of primary amides is 1. The Bertz CT molecular complexity index is 1550. The van der Waals surface area contributed by atoms with Crippen molar-refractivity contribution in [1.82, 2.24) is 19.9 Å². The Hall–Kier alpha value is -4.32. The van der Waals surface area contributed by atoms with E-state index in [0.29, 0.717) is 16.8 Å². The van der Waals surface area contributed by atoms with E-state index in [2.05, 4.69) is 15.4 Å². The molecular weight excluding hydrogens is 494 g/mol. The third-order valence-corrected chi connectivity index (χ3v) is 6.33. The number of alkyl halides is 3. The predicted octanol–water partition coefficient (Wildman–Crippen LogP) is 3.37. The van der Waals surface area contributed by atoms with Crippen molar-refractivity contribution in [2.24, 2.45) is 5.73 Å². The van der Waals surface area contributed by atoms with Crippen LogP contribution in [-0.4, -0.2) is 33.6 Å². The van der Waals surface area contributed by atoms with Crippen molar-refractivity contribution in [3.8, 4) is 11.1 Å². The number of rotatable bonds is 5. The van der Waals surface area contributed by atoms with E-state index in [4.69, 9.17) is 10.5 Å². The van der Waals surface area contributed by atoms with E-state index in [1.165, 1.54) is 48.2 Å². The van der Waals surface area contributed by atoms with Crippen LogP contribution < -0.4 is 11.1 Å². The molecule has 2 aromatic heterocycles. The van der Waals surface area contributed by atoms with Gasteiger partial charge in [0, 0.05) is 24.7 Å². The summed E-state index contributed by atoms with van der Waals surface area (Å²) in [6.07, 6.45) is -3.09. The number of benzene rings is 2. The van der Waals surface area contributed by atoms with E-state index in [9.17, 15) is 27.2 Å². The monoisotopic (exact) mass is 513 g/mol. The molecule has 0 fully saturated rings. The van der Waals surface area contributed by atoms with Crippen LogP contribution >= 0.6 is 0 Å². The molecule has 0 saturated carbocycles. The predicted molar refractivity (Wildman–Crippen MR) is 123 cm³/mol. The highest BCUT2D eigenvalue weighted by atomic mass is 19.4. The first-order chi connectivity index (χ1) is 17.5. The number of esters is 1. The van der Waals surface area contributed by atoms with Crippen LogP contribution in [0, 0.1) is 5.82 Å². The quantitative estimate of drug-likeness (QED) is 0.313. The highest BCUT2D eigenvalue weighted by Gasteiger charge is 2.49. The van der Waals surface area contributed by atoms with E-state index in [1.54, 1.807) is 6.07 Å². The van der Waals surface area contributed by atoms with Crippen molar-refractivity contribution >= 4 is 17.5 Å². The number of nitrogens with two attached hydrogens (primary N) is 1. The number of nitrogens with one attached hydrogen (secondary N) is 1. The minimum absolute atomic E-state index is 0.0229. The standard InChI is InChI=1S/C25H19F4N5O3/c1-37-23(36)24(10-13-3-2-4-17(26)9-13)20-15(12-32-24)11-31-22-18(19(21(30)35)33-34(20)22)14-5-7-16(8-6-14)25(27,28)29/h2-9,11,32H,10,12H2,1H3,(H2,30,35)/t24-/m0/s1. The summed E-state index contributed by atoms with van der Waals surface area (Å²) in [5.74, 6) is -2.11. The number of nitrogens with zero attached hydrogens (tertiary/aromatic N) is 3. The van der Waals surface area contributed by atoms with Gasteiger partial charge in [-0.2, -0.15) is 18.3 Å². The minimum atomic E-state index is -4.55. The molecule has 1 amide bonds. The fraction of sp³-hybridized carbons (Fsp3) is 0.200. The van der Waals surface area contributed by atoms with Gasteiger partial charge >= 0.3 is 12.1 Å². The number of methoxy groups -OCH3 is 1. The maximum Gasteiger partial charge on any atom is 0.416 e. The number of ether oxygens (including phenoxy) is 1. The SMILES string of the molecule is COC(=O)[C@@]1(Cc2cccc(F)c2)NCc2cnc3c(-c4ccc(C(F)(F)F)cc4)c(C(N)=O)nn3c21. The Morgan fingerprint density at radius 1 is 1.19 bits per heavy atom. The van der Waals surface area contributed by atoms with Crippen LogP contribution in [0.5, 0.6) is 0 Å². The number of hydrogen-bond donors (Lipinski definition) is 2. The Kier molecular flexibility index (Phi) is 5.71. The summed E-state index contributed by atoms with van der Waals surface area (Å²) in [7, 11) is 1.21. The fourth-order valence-corrected chi connectivity index (χ4v) is 4.71. The molecule has 3 heterocycles. The lowest BCUT2D eigenvalue weighted by atomic mass is 9.88. The van der Waals surface area contributed by atoms with Crippen LogP contribution in [0.15, 0.2) is 54.7 Å². The second-order valence-corrected chi connectivity index (χ2v) is 8.59. The Labute approximate surface area is 207 Å². The molecule has 12 heteroatoms. The number of aromatic nitrogens is 3. The van der Waals surface area contributed by atoms with Gasteiger partial charge in [-0.15, -0.1) is 0 Å². The molecule has 1 atom stereocenters. The van der Waals surface area contributed by atoms with Gasteiger partial charge in [0.15, 0.2) is 16.9 Å². The van der Waals surface area contributed by atoms with Crippen LogP contribution in [-0.2, 0) is 34.2 Å². The first kappa shape index (κ1) is 24.4. The van der Waals surface area contributed by atoms with Gasteiger partial charge in [-0.3, -0.25) is 10.1 Å². The molecular formula is C25H19F4N5O3. The summed E-state index contributed by atoms with van der Waals surface area (Å²) in [5, 5.41) is 7.47. The molecule has 37 heavy (non-hydrogen) atoms. The van der Waals surface area contributed by atoms with Crippen molar-refractivity contribution in [1.29, 1.82) is 0 Å². The van der Waals surface area contributed by atoms with Crippen molar-refractivity contribution in [2.45, 2.75) is 24.7 Å². The Morgan fingerprint density at radius 3 is 2.54 bits per heavy atom.